The summed E-state index contributed by atoms with van der Waals surface area (Å²) in [6, 6.07) is 56.4. The lowest BCUT2D eigenvalue weighted by atomic mass is 9.86. The molecule has 3 aromatic heterocycles. The third-order valence-electron chi connectivity index (χ3n) is 10.1. The second-order valence-corrected chi connectivity index (χ2v) is 13.8. The third-order valence-corrected chi connectivity index (χ3v) is 11.2. The maximum absolute atomic E-state index is 7.08. The molecule has 11 rings (SSSR count). The average molecular weight is 643 g/mol. The molecule has 0 unspecified atom stereocenters. The molecule has 0 aliphatic heterocycles. The maximum atomic E-state index is 7.08. The third kappa shape index (κ3) is 3.82. The Hall–Kier alpha value is -6.16. The number of benzene rings is 8. The molecule has 11 aromatic rings. The van der Waals surface area contributed by atoms with Gasteiger partial charge in [-0.1, -0.05) is 127 Å². The van der Waals surface area contributed by atoms with Gasteiger partial charge in [0.15, 0.2) is 0 Å². The minimum Gasteiger partial charge on any atom is -0.456 e. The van der Waals surface area contributed by atoms with Gasteiger partial charge in [0.1, 0.15) is 22.5 Å². The summed E-state index contributed by atoms with van der Waals surface area (Å²) in [5, 5.41) is 10.6. The average Bonchev–Trinajstić information content (AvgIpc) is 3.85. The van der Waals surface area contributed by atoms with E-state index in [2.05, 4.69) is 140 Å². The molecular weight excluding hydrogens is 617 g/mol. The van der Waals surface area contributed by atoms with Crippen molar-refractivity contribution < 1.29 is 8.83 Å². The summed E-state index contributed by atoms with van der Waals surface area (Å²) in [6.45, 7) is 0. The van der Waals surface area contributed by atoms with E-state index in [4.69, 9.17) is 8.83 Å². The molecule has 0 aliphatic rings. The van der Waals surface area contributed by atoms with Crippen LogP contribution in [-0.2, 0) is 0 Å². The van der Waals surface area contributed by atoms with Gasteiger partial charge in [-0.2, -0.15) is 0 Å². The molecule has 0 atom stereocenters. The van der Waals surface area contributed by atoms with Crippen LogP contribution >= 0.6 is 11.3 Å². The van der Waals surface area contributed by atoms with Crippen LogP contribution in [0.5, 0.6) is 0 Å². The van der Waals surface area contributed by atoms with Crippen molar-refractivity contribution in [3.8, 4) is 33.6 Å². The van der Waals surface area contributed by atoms with Gasteiger partial charge in [0, 0.05) is 47.5 Å². The lowest BCUT2D eigenvalue weighted by molar-refractivity contribution is 0.633. The fourth-order valence-corrected chi connectivity index (χ4v) is 9.17. The molecule has 0 bridgehead atoms. The molecule has 0 saturated carbocycles. The first-order valence-electron chi connectivity index (χ1n) is 16.6. The zero-order valence-electron chi connectivity index (χ0n) is 26.2. The van der Waals surface area contributed by atoms with E-state index in [9.17, 15) is 0 Å². The summed E-state index contributed by atoms with van der Waals surface area (Å²) in [5.41, 5.74) is 8.35. The molecule has 0 aliphatic carbocycles. The van der Waals surface area contributed by atoms with Crippen molar-refractivity contribution in [2.45, 2.75) is 0 Å². The van der Waals surface area contributed by atoms with Gasteiger partial charge >= 0.3 is 0 Å². The van der Waals surface area contributed by atoms with Crippen LogP contribution in [0.4, 0.5) is 0 Å². The van der Waals surface area contributed by atoms with Crippen molar-refractivity contribution >= 4 is 86.0 Å². The first-order valence-corrected chi connectivity index (χ1v) is 17.4. The number of fused-ring (bicyclic) bond motifs is 10. The maximum Gasteiger partial charge on any atom is 0.144 e. The minimum atomic E-state index is 0.848. The second kappa shape index (κ2) is 10.2. The summed E-state index contributed by atoms with van der Waals surface area (Å²) >= 11 is 1.86. The normalized spacial score (nSPS) is 12.1. The predicted octanol–water partition coefficient (Wildman–Crippen LogP) is 14.0. The lowest BCUT2D eigenvalue weighted by Gasteiger charge is -2.17. The van der Waals surface area contributed by atoms with E-state index in [0.29, 0.717) is 0 Å². The zero-order chi connectivity index (χ0) is 32.1. The fraction of sp³-hybridized carbons (Fsp3) is 0. The first kappa shape index (κ1) is 26.9. The molecule has 2 nitrogen and oxygen atoms in total. The van der Waals surface area contributed by atoms with Gasteiger partial charge < -0.3 is 8.83 Å². The monoisotopic (exact) mass is 642 g/mol. The van der Waals surface area contributed by atoms with Crippen LogP contribution in [0.25, 0.3) is 108 Å². The van der Waals surface area contributed by atoms with Crippen molar-refractivity contribution in [3.05, 3.63) is 158 Å². The molecule has 0 N–H and O–H groups in total. The Morgan fingerprint density at radius 2 is 0.898 bits per heavy atom. The van der Waals surface area contributed by atoms with E-state index in [1.807, 2.05) is 29.5 Å². The van der Waals surface area contributed by atoms with Crippen LogP contribution in [0.1, 0.15) is 0 Å². The molecule has 0 spiro atoms. The number of rotatable bonds is 3. The molecular formula is C46H26O2S. The Morgan fingerprint density at radius 1 is 0.327 bits per heavy atom. The van der Waals surface area contributed by atoms with Gasteiger partial charge in [0.05, 0.1) is 0 Å². The van der Waals surface area contributed by atoms with Crippen LogP contribution in [0.2, 0.25) is 0 Å². The predicted molar refractivity (Wildman–Crippen MR) is 208 cm³/mol. The number of thiophene rings is 1. The van der Waals surface area contributed by atoms with E-state index in [1.54, 1.807) is 0 Å². The number of hydrogen-bond donors (Lipinski definition) is 0. The quantitative estimate of drug-likeness (QED) is 0.179. The Balaban J connectivity index is 1.28. The van der Waals surface area contributed by atoms with Crippen LogP contribution in [0.15, 0.2) is 167 Å². The molecule has 3 heteroatoms. The van der Waals surface area contributed by atoms with E-state index < -0.39 is 0 Å². The molecule has 49 heavy (non-hydrogen) atoms. The van der Waals surface area contributed by atoms with Crippen LogP contribution in [0.3, 0.4) is 0 Å². The zero-order valence-corrected chi connectivity index (χ0v) is 27.1. The first-order chi connectivity index (χ1) is 24.3. The van der Waals surface area contributed by atoms with E-state index in [-0.39, 0.29) is 0 Å². The SMILES string of the molecule is c1ccc(-c2c(-c3c4ccccc4c(-c4ccc5c(c4)sc4ccccc45)c4ccccc34)oc3ccc4oc5ccccc5c4c23)cc1. The van der Waals surface area contributed by atoms with E-state index in [0.717, 1.165) is 66.1 Å². The second-order valence-electron chi connectivity index (χ2n) is 12.7. The van der Waals surface area contributed by atoms with E-state index >= 15 is 0 Å². The highest BCUT2D eigenvalue weighted by Gasteiger charge is 2.26. The van der Waals surface area contributed by atoms with Gasteiger partial charge in [0.2, 0.25) is 0 Å². The lowest BCUT2D eigenvalue weighted by Crippen LogP contribution is -1.91. The molecule has 228 valence electrons. The standard InChI is InChI=1S/C46H26O2S/c1-2-12-27(13-3-1)42-45-38(25-24-37-44(45)35-19-8-10-20-36(35)47-37)48-46(42)43-33-17-6-4-15-31(33)41(32-16-5-7-18-34(32)43)28-22-23-30-29-14-9-11-21-39(29)49-40(30)26-28/h1-26H. The Bertz CT molecular complexity index is 3050. The summed E-state index contributed by atoms with van der Waals surface area (Å²) in [5.74, 6) is 0.873. The van der Waals surface area contributed by atoms with Crippen LogP contribution in [0, 0.1) is 0 Å². The highest BCUT2D eigenvalue weighted by atomic mass is 32.1. The molecule has 0 radical (unpaired) electrons. The number of para-hydroxylation sites is 1. The topological polar surface area (TPSA) is 26.3 Å². The summed E-state index contributed by atoms with van der Waals surface area (Å²) in [4.78, 5) is 0. The Kier molecular flexibility index (Phi) is 5.57. The fourth-order valence-electron chi connectivity index (χ4n) is 8.03. The van der Waals surface area contributed by atoms with Crippen LogP contribution < -0.4 is 0 Å². The van der Waals surface area contributed by atoms with Crippen molar-refractivity contribution in [3.63, 3.8) is 0 Å². The van der Waals surface area contributed by atoms with Gasteiger partial charge in [0.25, 0.3) is 0 Å². The number of furan rings is 2. The Labute approximate surface area is 285 Å². The summed E-state index contributed by atoms with van der Waals surface area (Å²) in [6.07, 6.45) is 0. The van der Waals surface area contributed by atoms with Crippen LogP contribution in [-0.4, -0.2) is 0 Å². The smallest absolute Gasteiger partial charge is 0.144 e. The van der Waals surface area contributed by atoms with Crippen molar-refractivity contribution in [2.24, 2.45) is 0 Å². The van der Waals surface area contributed by atoms with Gasteiger partial charge in [-0.25, -0.2) is 0 Å². The minimum absolute atomic E-state index is 0.848. The van der Waals surface area contributed by atoms with Crippen molar-refractivity contribution in [2.75, 3.05) is 0 Å². The van der Waals surface area contributed by atoms with E-state index in [1.165, 1.54) is 42.1 Å². The highest BCUT2D eigenvalue weighted by molar-refractivity contribution is 7.25. The van der Waals surface area contributed by atoms with Gasteiger partial charge in [-0.3, -0.25) is 0 Å². The van der Waals surface area contributed by atoms with Crippen molar-refractivity contribution in [1.82, 2.24) is 0 Å². The Morgan fingerprint density at radius 3 is 1.63 bits per heavy atom. The molecule has 0 fully saturated rings. The molecule has 0 amide bonds. The molecule has 8 aromatic carbocycles. The van der Waals surface area contributed by atoms with Gasteiger partial charge in [-0.05, 0) is 68.6 Å². The molecule has 3 heterocycles. The molecule has 0 saturated heterocycles. The van der Waals surface area contributed by atoms with Crippen molar-refractivity contribution in [1.29, 1.82) is 0 Å². The summed E-state index contributed by atoms with van der Waals surface area (Å²) < 4.78 is 16.1. The number of hydrogen-bond acceptors (Lipinski definition) is 3. The van der Waals surface area contributed by atoms with Gasteiger partial charge in [-0.15, -0.1) is 11.3 Å². The summed E-state index contributed by atoms with van der Waals surface area (Å²) in [7, 11) is 0. The highest BCUT2D eigenvalue weighted by Crippen LogP contribution is 2.51. The largest absolute Gasteiger partial charge is 0.456 e.